The van der Waals surface area contributed by atoms with Crippen LogP contribution in [-0.4, -0.2) is 36.4 Å². The first kappa shape index (κ1) is 15.4. The highest BCUT2D eigenvalue weighted by Crippen LogP contribution is 2.28. The molecule has 5 nitrogen and oxygen atoms in total. The van der Waals surface area contributed by atoms with E-state index >= 15 is 0 Å². The molecule has 1 aliphatic heterocycles. The number of halogens is 2. The Morgan fingerprint density at radius 2 is 2.10 bits per heavy atom. The van der Waals surface area contributed by atoms with Gasteiger partial charge in [0.2, 0.25) is 10.0 Å². The van der Waals surface area contributed by atoms with Crippen molar-refractivity contribution in [3.8, 4) is 0 Å². The van der Waals surface area contributed by atoms with Crippen molar-refractivity contribution >= 4 is 31.9 Å². The van der Waals surface area contributed by atoms with Gasteiger partial charge < -0.3 is 5.11 Å². The molecule has 1 aromatic rings. The number of nitrogens with zero attached hydrogens (tertiary/aromatic N) is 1. The molecule has 1 fully saturated rings. The largest absolute Gasteiger partial charge is 0.480 e. The average molecular weight is 366 g/mol. The van der Waals surface area contributed by atoms with E-state index in [1.54, 1.807) is 0 Å². The van der Waals surface area contributed by atoms with Crippen LogP contribution < -0.4 is 0 Å². The van der Waals surface area contributed by atoms with Crippen LogP contribution in [0.15, 0.2) is 27.6 Å². The average Bonchev–Trinajstić information content (AvgIpc) is 2.38. The summed E-state index contributed by atoms with van der Waals surface area (Å²) in [5.41, 5.74) is 0. The third kappa shape index (κ3) is 2.87. The van der Waals surface area contributed by atoms with Crippen molar-refractivity contribution in [3.05, 3.63) is 28.5 Å². The van der Waals surface area contributed by atoms with Crippen LogP contribution >= 0.6 is 15.9 Å². The van der Waals surface area contributed by atoms with Gasteiger partial charge in [0.1, 0.15) is 16.8 Å². The van der Waals surface area contributed by atoms with Crippen LogP contribution in [0.25, 0.3) is 0 Å². The highest BCUT2D eigenvalue weighted by Gasteiger charge is 2.38. The second-order valence-corrected chi connectivity index (χ2v) is 7.31. The molecule has 0 aliphatic carbocycles. The molecule has 1 N–H and O–H groups in total. The summed E-state index contributed by atoms with van der Waals surface area (Å²) in [4.78, 5) is 10.7. The van der Waals surface area contributed by atoms with Gasteiger partial charge in [0, 0.05) is 11.0 Å². The molecule has 1 aliphatic rings. The summed E-state index contributed by atoms with van der Waals surface area (Å²) in [5.74, 6) is -2.10. The molecule has 0 aromatic heterocycles. The molecular weight excluding hydrogens is 353 g/mol. The zero-order valence-electron chi connectivity index (χ0n) is 10.4. The molecule has 0 bridgehead atoms. The number of aliphatic carboxylic acids is 1. The lowest BCUT2D eigenvalue weighted by molar-refractivity contribution is -0.142. The van der Waals surface area contributed by atoms with Gasteiger partial charge in [-0.15, -0.1) is 0 Å². The lowest BCUT2D eigenvalue weighted by Crippen LogP contribution is -2.48. The van der Waals surface area contributed by atoms with Crippen molar-refractivity contribution in [1.82, 2.24) is 4.31 Å². The zero-order chi connectivity index (χ0) is 14.9. The lowest BCUT2D eigenvalue weighted by atomic mass is 10.1. The van der Waals surface area contributed by atoms with Crippen molar-refractivity contribution in [2.24, 2.45) is 0 Å². The van der Waals surface area contributed by atoms with E-state index in [1.807, 2.05) is 0 Å². The van der Waals surface area contributed by atoms with Gasteiger partial charge in [-0.25, -0.2) is 12.8 Å². The molecule has 2 rings (SSSR count). The number of rotatable bonds is 3. The van der Waals surface area contributed by atoms with Gasteiger partial charge in [-0.1, -0.05) is 15.9 Å². The number of hydrogen-bond donors (Lipinski definition) is 1. The Hall–Kier alpha value is -0.990. The van der Waals surface area contributed by atoms with Crippen molar-refractivity contribution < 1.29 is 22.7 Å². The van der Waals surface area contributed by atoms with Gasteiger partial charge in [-0.3, -0.25) is 4.79 Å². The molecular formula is C12H13BrFNO4S. The molecule has 1 aromatic carbocycles. The van der Waals surface area contributed by atoms with Gasteiger partial charge in [0.25, 0.3) is 0 Å². The molecule has 1 heterocycles. The molecule has 0 saturated carbocycles. The Balaban J connectivity index is 2.45. The number of carboxylic acids is 1. The van der Waals surface area contributed by atoms with E-state index in [4.69, 9.17) is 5.11 Å². The van der Waals surface area contributed by atoms with Crippen molar-refractivity contribution in [2.45, 2.75) is 30.2 Å². The summed E-state index contributed by atoms with van der Waals surface area (Å²) in [6.45, 7) is 0.0921. The molecule has 110 valence electrons. The Bertz CT molecular complexity index is 634. The Morgan fingerprint density at radius 1 is 1.40 bits per heavy atom. The number of sulfonamides is 1. The van der Waals surface area contributed by atoms with E-state index in [0.717, 1.165) is 16.4 Å². The molecule has 1 unspecified atom stereocenters. The van der Waals surface area contributed by atoms with E-state index < -0.39 is 32.7 Å². The smallest absolute Gasteiger partial charge is 0.322 e. The second-order valence-electron chi connectivity index (χ2n) is 4.54. The van der Waals surface area contributed by atoms with Gasteiger partial charge in [-0.2, -0.15) is 4.31 Å². The minimum absolute atomic E-state index is 0.0921. The van der Waals surface area contributed by atoms with Gasteiger partial charge in [-0.05, 0) is 37.5 Å². The number of benzene rings is 1. The molecule has 0 spiro atoms. The molecule has 0 radical (unpaired) electrons. The molecule has 1 saturated heterocycles. The van der Waals surface area contributed by atoms with Crippen LogP contribution in [0.4, 0.5) is 4.39 Å². The maximum Gasteiger partial charge on any atom is 0.322 e. The fourth-order valence-electron chi connectivity index (χ4n) is 2.25. The van der Waals surface area contributed by atoms with Crippen molar-refractivity contribution in [1.29, 1.82) is 0 Å². The fraction of sp³-hybridized carbons (Fsp3) is 0.417. The Labute approximate surface area is 124 Å². The van der Waals surface area contributed by atoms with Crippen LogP contribution in [0, 0.1) is 5.82 Å². The SMILES string of the molecule is O=C(O)C1CCCCN1S(=O)(=O)c1ccc(Br)cc1F. The topological polar surface area (TPSA) is 74.7 Å². The highest BCUT2D eigenvalue weighted by atomic mass is 79.9. The van der Waals surface area contributed by atoms with Crippen LogP contribution in [0.2, 0.25) is 0 Å². The standard InChI is InChI=1S/C12H13BrFNO4S/c13-8-4-5-11(9(14)7-8)20(18,19)15-6-2-1-3-10(15)12(16)17/h4-5,7,10H,1-3,6H2,(H,16,17). The first-order chi connectivity index (χ1) is 9.34. The minimum atomic E-state index is -4.15. The van der Waals surface area contributed by atoms with E-state index in [0.29, 0.717) is 17.3 Å². The van der Waals surface area contributed by atoms with Gasteiger partial charge in [0.05, 0.1) is 0 Å². The van der Waals surface area contributed by atoms with E-state index in [-0.39, 0.29) is 13.0 Å². The molecule has 1 atom stereocenters. The number of carboxylic acid groups (broad SMARTS) is 1. The summed E-state index contributed by atoms with van der Waals surface area (Å²) in [6.07, 6.45) is 1.46. The lowest BCUT2D eigenvalue weighted by Gasteiger charge is -2.31. The van der Waals surface area contributed by atoms with Crippen LogP contribution in [0.5, 0.6) is 0 Å². The maximum absolute atomic E-state index is 13.8. The summed E-state index contributed by atoms with van der Waals surface area (Å²) in [6, 6.07) is 2.47. The fourth-order valence-corrected chi connectivity index (χ4v) is 4.28. The van der Waals surface area contributed by atoms with E-state index in [1.165, 1.54) is 6.07 Å². The summed E-state index contributed by atoms with van der Waals surface area (Å²) in [5, 5.41) is 9.12. The van der Waals surface area contributed by atoms with Crippen molar-refractivity contribution in [3.63, 3.8) is 0 Å². The number of piperidine rings is 1. The number of hydrogen-bond acceptors (Lipinski definition) is 3. The first-order valence-electron chi connectivity index (χ1n) is 6.04. The minimum Gasteiger partial charge on any atom is -0.480 e. The van der Waals surface area contributed by atoms with E-state index in [9.17, 15) is 17.6 Å². The van der Waals surface area contributed by atoms with Crippen molar-refractivity contribution in [2.75, 3.05) is 6.54 Å². The van der Waals surface area contributed by atoms with Gasteiger partial charge >= 0.3 is 5.97 Å². The van der Waals surface area contributed by atoms with Crippen LogP contribution in [-0.2, 0) is 14.8 Å². The molecule has 20 heavy (non-hydrogen) atoms. The monoisotopic (exact) mass is 365 g/mol. The predicted octanol–water partition coefficient (Wildman–Crippen LogP) is 2.22. The molecule has 0 amide bonds. The quantitative estimate of drug-likeness (QED) is 0.890. The predicted molar refractivity (Wildman–Crippen MR) is 73.3 cm³/mol. The summed E-state index contributed by atoms with van der Waals surface area (Å²) in [7, 11) is -4.15. The molecule has 8 heteroatoms. The Morgan fingerprint density at radius 3 is 2.70 bits per heavy atom. The zero-order valence-corrected chi connectivity index (χ0v) is 12.8. The van der Waals surface area contributed by atoms with Gasteiger partial charge in [0.15, 0.2) is 0 Å². The Kier molecular flexibility index (Phi) is 4.46. The third-order valence-corrected chi connectivity index (χ3v) is 5.65. The maximum atomic E-state index is 13.8. The van der Waals surface area contributed by atoms with Crippen LogP contribution in [0.3, 0.4) is 0 Å². The normalized spacial score (nSPS) is 20.8. The first-order valence-corrected chi connectivity index (χ1v) is 8.27. The highest BCUT2D eigenvalue weighted by molar-refractivity contribution is 9.10. The third-order valence-electron chi connectivity index (χ3n) is 3.22. The van der Waals surface area contributed by atoms with E-state index in [2.05, 4.69) is 15.9 Å². The number of carbonyl (C=O) groups is 1. The summed E-state index contributed by atoms with van der Waals surface area (Å²) >= 11 is 3.05. The second kappa shape index (κ2) is 5.79. The van der Waals surface area contributed by atoms with Crippen LogP contribution in [0.1, 0.15) is 19.3 Å². The summed E-state index contributed by atoms with van der Waals surface area (Å²) < 4.78 is 40.0.